The first-order valence-corrected chi connectivity index (χ1v) is 6.64. The second-order valence-electron chi connectivity index (χ2n) is 5.03. The fraction of sp³-hybridized carbons (Fsp3) is 0.375. The van der Waals surface area contributed by atoms with Crippen LogP contribution >= 0.6 is 0 Å². The first kappa shape index (κ1) is 14.9. The first-order chi connectivity index (χ1) is 9.58. The van der Waals surface area contributed by atoms with Crippen molar-refractivity contribution in [2.45, 2.75) is 30.8 Å². The van der Waals surface area contributed by atoms with Gasteiger partial charge in [0, 0.05) is 6.42 Å². The van der Waals surface area contributed by atoms with E-state index in [9.17, 15) is 15.3 Å². The maximum absolute atomic E-state index is 9.84. The fourth-order valence-corrected chi connectivity index (χ4v) is 2.15. The first-order valence-electron chi connectivity index (χ1n) is 6.64. The standard InChI is InChI=1S/C16H20O4/c1-11(7-8-12-5-3-2-4-6-12)9-14-16(19)15(18)13(17)10-20-14/h2-8,13-19H,1,9-10H2/t13-,14?,15+,16+/m1/s1. The molecule has 3 N–H and O–H groups in total. The van der Waals surface area contributed by atoms with Crippen LogP contribution < -0.4 is 0 Å². The van der Waals surface area contributed by atoms with Crippen LogP contribution in [-0.2, 0) is 4.74 Å². The zero-order valence-electron chi connectivity index (χ0n) is 11.2. The van der Waals surface area contributed by atoms with Crippen molar-refractivity contribution in [3.63, 3.8) is 0 Å². The molecule has 4 atom stereocenters. The van der Waals surface area contributed by atoms with Gasteiger partial charge in [-0.25, -0.2) is 0 Å². The van der Waals surface area contributed by atoms with Gasteiger partial charge in [-0.1, -0.05) is 54.6 Å². The van der Waals surface area contributed by atoms with Gasteiger partial charge in [0.2, 0.25) is 0 Å². The Morgan fingerprint density at radius 1 is 1.20 bits per heavy atom. The van der Waals surface area contributed by atoms with E-state index < -0.39 is 24.4 Å². The van der Waals surface area contributed by atoms with Crippen LogP contribution in [0.5, 0.6) is 0 Å². The third-order valence-corrected chi connectivity index (χ3v) is 3.38. The van der Waals surface area contributed by atoms with Gasteiger partial charge in [0.15, 0.2) is 0 Å². The van der Waals surface area contributed by atoms with E-state index in [-0.39, 0.29) is 6.61 Å². The van der Waals surface area contributed by atoms with Crippen LogP contribution in [-0.4, -0.2) is 46.3 Å². The molecule has 0 aromatic heterocycles. The monoisotopic (exact) mass is 276 g/mol. The highest BCUT2D eigenvalue weighted by molar-refractivity contribution is 5.52. The van der Waals surface area contributed by atoms with E-state index in [0.717, 1.165) is 11.1 Å². The second-order valence-corrected chi connectivity index (χ2v) is 5.03. The minimum Gasteiger partial charge on any atom is -0.388 e. The SMILES string of the molecule is C=C(C=Cc1ccccc1)CC1OC[C@@H](O)[C@H](O)[C@H]1O. The molecule has 0 aliphatic carbocycles. The number of hydrogen-bond donors (Lipinski definition) is 3. The zero-order valence-corrected chi connectivity index (χ0v) is 11.2. The number of hydrogen-bond acceptors (Lipinski definition) is 4. The maximum atomic E-state index is 9.84. The summed E-state index contributed by atoms with van der Waals surface area (Å²) in [6.45, 7) is 3.95. The minimum absolute atomic E-state index is 0.0264. The number of allylic oxidation sites excluding steroid dienone is 1. The Balaban J connectivity index is 1.90. The van der Waals surface area contributed by atoms with Crippen LogP contribution in [0.1, 0.15) is 12.0 Å². The molecule has 1 aliphatic heterocycles. The topological polar surface area (TPSA) is 69.9 Å². The average molecular weight is 276 g/mol. The predicted molar refractivity (Wildman–Crippen MR) is 77.0 cm³/mol. The molecule has 1 heterocycles. The van der Waals surface area contributed by atoms with Crippen LogP contribution in [0.25, 0.3) is 6.08 Å². The minimum atomic E-state index is -1.17. The number of aliphatic hydroxyl groups excluding tert-OH is 3. The van der Waals surface area contributed by atoms with Gasteiger partial charge in [0.1, 0.15) is 18.3 Å². The smallest absolute Gasteiger partial charge is 0.111 e. The van der Waals surface area contributed by atoms with E-state index in [1.165, 1.54) is 0 Å². The summed E-state index contributed by atoms with van der Waals surface area (Å²) in [4.78, 5) is 0. The van der Waals surface area contributed by atoms with E-state index in [1.54, 1.807) is 0 Å². The van der Waals surface area contributed by atoms with Crippen LogP contribution in [0.3, 0.4) is 0 Å². The highest BCUT2D eigenvalue weighted by Crippen LogP contribution is 2.21. The average Bonchev–Trinajstić information content (AvgIpc) is 2.47. The Bertz CT molecular complexity index is 469. The second kappa shape index (κ2) is 6.81. The van der Waals surface area contributed by atoms with E-state index in [4.69, 9.17) is 4.74 Å². The Labute approximate surface area is 118 Å². The highest BCUT2D eigenvalue weighted by atomic mass is 16.5. The molecule has 20 heavy (non-hydrogen) atoms. The highest BCUT2D eigenvalue weighted by Gasteiger charge is 2.37. The molecule has 0 amide bonds. The van der Waals surface area contributed by atoms with Crippen molar-refractivity contribution in [1.29, 1.82) is 0 Å². The molecule has 1 fully saturated rings. The van der Waals surface area contributed by atoms with Crippen LogP contribution in [0.2, 0.25) is 0 Å². The van der Waals surface area contributed by atoms with Gasteiger partial charge < -0.3 is 20.1 Å². The molecule has 0 bridgehead atoms. The van der Waals surface area contributed by atoms with Crippen molar-refractivity contribution in [3.8, 4) is 0 Å². The lowest BCUT2D eigenvalue weighted by atomic mass is 9.95. The molecule has 1 aromatic rings. The van der Waals surface area contributed by atoms with Gasteiger partial charge in [-0.15, -0.1) is 0 Å². The largest absolute Gasteiger partial charge is 0.388 e. The molecule has 108 valence electrons. The summed E-state index contributed by atoms with van der Waals surface area (Å²) in [5.74, 6) is 0. The van der Waals surface area contributed by atoms with E-state index in [2.05, 4.69) is 6.58 Å². The molecule has 1 saturated heterocycles. The van der Waals surface area contributed by atoms with Crippen molar-refractivity contribution in [3.05, 3.63) is 54.1 Å². The number of ether oxygens (including phenoxy) is 1. The Hall–Kier alpha value is -1.46. The van der Waals surface area contributed by atoms with Gasteiger partial charge >= 0.3 is 0 Å². The van der Waals surface area contributed by atoms with Crippen LogP contribution in [0, 0.1) is 0 Å². The van der Waals surface area contributed by atoms with Crippen molar-refractivity contribution >= 4 is 6.08 Å². The van der Waals surface area contributed by atoms with Crippen LogP contribution in [0.4, 0.5) is 0 Å². The lowest BCUT2D eigenvalue weighted by Crippen LogP contribution is -2.52. The summed E-state index contributed by atoms with van der Waals surface area (Å²) in [6.07, 6.45) is 0.371. The third kappa shape index (κ3) is 3.77. The van der Waals surface area contributed by atoms with Gasteiger partial charge in [-0.2, -0.15) is 0 Å². The summed E-state index contributed by atoms with van der Waals surface area (Å²) < 4.78 is 5.34. The lowest BCUT2D eigenvalue weighted by molar-refractivity contribution is -0.185. The maximum Gasteiger partial charge on any atom is 0.111 e. The molecule has 4 nitrogen and oxygen atoms in total. The zero-order chi connectivity index (χ0) is 14.5. The summed E-state index contributed by atoms with van der Waals surface area (Å²) in [5.41, 5.74) is 1.86. The Morgan fingerprint density at radius 2 is 1.90 bits per heavy atom. The summed E-state index contributed by atoms with van der Waals surface area (Å²) in [7, 11) is 0. The van der Waals surface area contributed by atoms with E-state index in [0.29, 0.717) is 6.42 Å². The molecule has 0 saturated carbocycles. The molecule has 0 spiro atoms. The van der Waals surface area contributed by atoms with Gasteiger partial charge in [0.05, 0.1) is 12.7 Å². The molecule has 2 rings (SSSR count). The summed E-state index contributed by atoms with van der Waals surface area (Å²) in [5, 5.41) is 28.8. The third-order valence-electron chi connectivity index (χ3n) is 3.38. The number of rotatable bonds is 4. The molecule has 4 heteroatoms. The van der Waals surface area contributed by atoms with Crippen molar-refractivity contribution in [2.24, 2.45) is 0 Å². The molecule has 1 unspecified atom stereocenters. The van der Waals surface area contributed by atoms with E-state index >= 15 is 0 Å². The molecule has 1 aromatic carbocycles. The predicted octanol–water partition coefficient (Wildman–Crippen LogP) is 1.13. The normalized spacial score (nSPS) is 30.6. The van der Waals surface area contributed by atoms with E-state index in [1.807, 2.05) is 42.5 Å². The van der Waals surface area contributed by atoms with Crippen molar-refractivity contribution in [1.82, 2.24) is 0 Å². The number of benzene rings is 1. The Morgan fingerprint density at radius 3 is 2.60 bits per heavy atom. The van der Waals surface area contributed by atoms with Crippen LogP contribution in [0.15, 0.2) is 48.6 Å². The molecular weight excluding hydrogens is 256 g/mol. The van der Waals surface area contributed by atoms with Gasteiger partial charge in [-0.3, -0.25) is 0 Å². The molecule has 1 aliphatic rings. The quantitative estimate of drug-likeness (QED) is 0.721. The van der Waals surface area contributed by atoms with Crippen molar-refractivity contribution < 1.29 is 20.1 Å². The number of aliphatic hydroxyl groups is 3. The lowest BCUT2D eigenvalue weighted by Gasteiger charge is -2.35. The molecular formula is C16H20O4. The summed E-state index contributed by atoms with van der Waals surface area (Å²) >= 11 is 0. The summed E-state index contributed by atoms with van der Waals surface area (Å²) in [6, 6.07) is 9.82. The van der Waals surface area contributed by atoms with Gasteiger partial charge in [0.25, 0.3) is 0 Å². The van der Waals surface area contributed by atoms with Gasteiger partial charge in [-0.05, 0) is 5.56 Å². The molecule has 0 radical (unpaired) electrons. The Kier molecular flexibility index (Phi) is 5.09. The van der Waals surface area contributed by atoms with Crippen molar-refractivity contribution in [2.75, 3.05) is 6.61 Å². The fourth-order valence-electron chi connectivity index (χ4n) is 2.15.